The first-order valence-corrected chi connectivity index (χ1v) is 6.89. The molecule has 0 bridgehead atoms. The number of aliphatic hydroxyl groups is 4. The molecule has 12 heteroatoms. The van der Waals surface area contributed by atoms with Gasteiger partial charge in [-0.1, -0.05) is 0 Å². The maximum atomic E-state index is 10.7. The molecule has 120 valence electrons. The molecule has 0 aromatic heterocycles. The predicted octanol–water partition coefficient (Wildman–Crippen LogP) is -4.01. The number of rotatable bonds is 2. The molecule has 1 amide bonds. The molecular formula is C8H18NO10P. The van der Waals surface area contributed by atoms with Gasteiger partial charge in [-0.15, -0.1) is 0 Å². The minimum Gasteiger partial charge on any atom is -0.394 e. The van der Waals surface area contributed by atoms with Crippen LogP contribution in [0.25, 0.3) is 0 Å². The van der Waals surface area contributed by atoms with Gasteiger partial charge in [0.2, 0.25) is 5.91 Å². The van der Waals surface area contributed by atoms with Crippen molar-refractivity contribution < 1.29 is 49.2 Å². The van der Waals surface area contributed by atoms with E-state index in [1.54, 1.807) is 0 Å². The average molecular weight is 319 g/mol. The van der Waals surface area contributed by atoms with E-state index in [4.69, 9.17) is 29.1 Å². The van der Waals surface area contributed by atoms with Gasteiger partial charge in [-0.2, -0.15) is 0 Å². The van der Waals surface area contributed by atoms with Gasteiger partial charge in [-0.25, -0.2) is 4.57 Å². The Morgan fingerprint density at radius 1 is 1.20 bits per heavy atom. The van der Waals surface area contributed by atoms with Crippen molar-refractivity contribution in [2.75, 3.05) is 6.61 Å². The number of phosphoric acid groups is 1. The zero-order chi connectivity index (χ0) is 16.1. The van der Waals surface area contributed by atoms with Crippen molar-refractivity contribution in [3.63, 3.8) is 0 Å². The molecule has 8 N–H and O–H groups in total. The highest BCUT2D eigenvalue weighted by Gasteiger charge is 2.43. The zero-order valence-corrected chi connectivity index (χ0v) is 11.3. The third-order valence-electron chi connectivity index (χ3n) is 2.27. The quantitative estimate of drug-likeness (QED) is 0.232. The Morgan fingerprint density at radius 2 is 1.65 bits per heavy atom. The maximum Gasteiger partial charge on any atom is 0.466 e. The van der Waals surface area contributed by atoms with E-state index in [9.17, 15) is 20.1 Å². The number of hydrogen-bond donors (Lipinski definition) is 8. The third-order valence-corrected chi connectivity index (χ3v) is 2.27. The highest BCUT2D eigenvalue weighted by molar-refractivity contribution is 7.45. The Balaban J connectivity index is 0.000000621. The lowest BCUT2D eigenvalue weighted by Crippen LogP contribution is -2.63. The molecule has 0 spiro atoms. The van der Waals surface area contributed by atoms with Crippen LogP contribution in [0.1, 0.15) is 6.92 Å². The second-order valence-corrected chi connectivity index (χ2v) is 4.99. The van der Waals surface area contributed by atoms with Gasteiger partial charge >= 0.3 is 7.82 Å². The first-order chi connectivity index (χ1) is 8.97. The zero-order valence-electron chi connectivity index (χ0n) is 10.4. The van der Waals surface area contributed by atoms with Crippen LogP contribution in [-0.2, 0) is 14.1 Å². The van der Waals surface area contributed by atoms with E-state index < -0.39 is 51.0 Å². The van der Waals surface area contributed by atoms with Crippen LogP contribution in [0.15, 0.2) is 0 Å². The lowest BCUT2D eigenvalue weighted by Gasteiger charge is -2.40. The third kappa shape index (κ3) is 7.24. The monoisotopic (exact) mass is 319 g/mol. The number of ether oxygens (including phenoxy) is 1. The molecule has 5 atom stereocenters. The normalized spacial score (nSPS) is 33.9. The van der Waals surface area contributed by atoms with Crippen LogP contribution >= 0.6 is 7.82 Å². The lowest BCUT2D eigenvalue weighted by atomic mass is 9.97. The van der Waals surface area contributed by atoms with Crippen LogP contribution in [0.4, 0.5) is 0 Å². The number of hydrogen-bond acceptors (Lipinski definition) is 7. The Morgan fingerprint density at radius 3 is 2.00 bits per heavy atom. The largest absolute Gasteiger partial charge is 0.466 e. The van der Waals surface area contributed by atoms with Crippen molar-refractivity contribution in [2.24, 2.45) is 0 Å². The van der Waals surface area contributed by atoms with Gasteiger partial charge in [0, 0.05) is 6.92 Å². The van der Waals surface area contributed by atoms with Gasteiger partial charge in [-0.3, -0.25) is 4.79 Å². The van der Waals surface area contributed by atoms with Crippen molar-refractivity contribution in [1.29, 1.82) is 0 Å². The van der Waals surface area contributed by atoms with E-state index >= 15 is 0 Å². The first-order valence-electron chi connectivity index (χ1n) is 5.33. The van der Waals surface area contributed by atoms with E-state index in [2.05, 4.69) is 5.32 Å². The second kappa shape index (κ2) is 7.98. The summed E-state index contributed by atoms with van der Waals surface area (Å²) in [6, 6.07) is -1.10. The number of carbonyl (C=O) groups is 1. The number of carbonyl (C=O) groups excluding carboxylic acids is 1. The molecule has 1 fully saturated rings. The van der Waals surface area contributed by atoms with Crippen molar-refractivity contribution in [2.45, 2.75) is 37.6 Å². The molecule has 0 radical (unpaired) electrons. The molecular weight excluding hydrogens is 301 g/mol. The molecule has 11 nitrogen and oxygen atoms in total. The van der Waals surface area contributed by atoms with Gasteiger partial charge in [0.05, 0.1) is 6.61 Å². The number of amides is 1. The van der Waals surface area contributed by atoms with E-state index in [0.29, 0.717) is 0 Å². The summed E-state index contributed by atoms with van der Waals surface area (Å²) in [7, 11) is -4.64. The van der Waals surface area contributed by atoms with Crippen molar-refractivity contribution in [3.8, 4) is 0 Å². The second-order valence-electron chi connectivity index (χ2n) is 3.97. The average Bonchev–Trinajstić information content (AvgIpc) is 2.27. The van der Waals surface area contributed by atoms with Crippen molar-refractivity contribution in [3.05, 3.63) is 0 Å². The lowest BCUT2D eigenvalue weighted by molar-refractivity contribution is -0.253. The molecule has 1 heterocycles. The standard InChI is InChI=1S/C8H15NO6.H3O4P/c1-3(11)9-5-7(13)6(12)4(2-10)15-8(5)14;1-5(2,3)4/h4-8,10,12-14H,2H2,1H3,(H,9,11);(H3,1,2,3,4)/t4-,5-,6-,7-,8?;/m1./s1. The smallest absolute Gasteiger partial charge is 0.394 e. The van der Waals surface area contributed by atoms with Crippen LogP contribution in [0.5, 0.6) is 0 Å². The highest BCUT2D eigenvalue weighted by atomic mass is 31.2. The summed E-state index contributed by atoms with van der Waals surface area (Å²) in [6.45, 7) is 0.687. The van der Waals surface area contributed by atoms with E-state index in [1.165, 1.54) is 6.92 Å². The van der Waals surface area contributed by atoms with Crippen LogP contribution in [0.2, 0.25) is 0 Å². The molecule has 0 aliphatic carbocycles. The highest BCUT2D eigenvalue weighted by Crippen LogP contribution is 2.25. The molecule has 1 rings (SSSR count). The van der Waals surface area contributed by atoms with Gasteiger partial charge in [-0.05, 0) is 0 Å². The minimum atomic E-state index is -4.64. The van der Waals surface area contributed by atoms with Crippen molar-refractivity contribution in [1.82, 2.24) is 5.32 Å². The molecule has 1 unspecified atom stereocenters. The van der Waals surface area contributed by atoms with Crippen molar-refractivity contribution >= 4 is 13.7 Å². The first kappa shape index (κ1) is 19.4. The predicted molar refractivity (Wildman–Crippen MR) is 61.8 cm³/mol. The van der Waals surface area contributed by atoms with Crippen LogP contribution in [-0.4, -0.2) is 78.3 Å². The summed E-state index contributed by atoms with van der Waals surface area (Å²) < 4.78 is 13.7. The van der Waals surface area contributed by atoms with Gasteiger partial charge in [0.1, 0.15) is 24.4 Å². The fourth-order valence-corrected chi connectivity index (χ4v) is 1.49. The molecule has 0 aromatic rings. The van der Waals surface area contributed by atoms with Crippen LogP contribution < -0.4 is 5.32 Å². The Labute approximate surface area is 113 Å². The maximum absolute atomic E-state index is 10.7. The van der Waals surface area contributed by atoms with E-state index in [0.717, 1.165) is 0 Å². The number of nitrogens with one attached hydrogen (secondary N) is 1. The van der Waals surface area contributed by atoms with Crippen LogP contribution in [0.3, 0.4) is 0 Å². The molecule has 1 aliphatic heterocycles. The fraction of sp³-hybridized carbons (Fsp3) is 0.875. The summed E-state index contributed by atoms with van der Waals surface area (Å²) in [4.78, 5) is 32.3. The van der Waals surface area contributed by atoms with Gasteiger partial charge < -0.3 is 45.2 Å². The summed E-state index contributed by atoms with van der Waals surface area (Å²) in [5.41, 5.74) is 0. The SMILES string of the molecule is CC(=O)N[C@H]1C(O)O[C@H](CO)[C@@H](O)[C@@H]1O.O=P(O)(O)O. The molecule has 1 saturated heterocycles. The molecule has 20 heavy (non-hydrogen) atoms. The number of aliphatic hydroxyl groups excluding tert-OH is 4. The minimum absolute atomic E-state index is 0.462. The Bertz CT molecular complexity index is 351. The molecule has 0 aromatic carbocycles. The van der Waals surface area contributed by atoms with E-state index in [1.807, 2.05) is 0 Å². The van der Waals surface area contributed by atoms with Crippen LogP contribution in [0, 0.1) is 0 Å². The Hall–Kier alpha value is -0.620. The summed E-state index contributed by atoms with van der Waals surface area (Å²) in [6.07, 6.45) is -5.24. The van der Waals surface area contributed by atoms with Gasteiger partial charge in [0.25, 0.3) is 0 Å². The molecule has 1 aliphatic rings. The van der Waals surface area contributed by atoms with Gasteiger partial charge in [0.15, 0.2) is 6.29 Å². The summed E-state index contributed by atoms with van der Waals surface area (Å²) in [5, 5.41) is 39.4. The Kier molecular flexibility index (Phi) is 7.73. The topological polar surface area (TPSA) is 197 Å². The summed E-state index contributed by atoms with van der Waals surface area (Å²) >= 11 is 0. The fourth-order valence-electron chi connectivity index (χ4n) is 1.49. The van der Waals surface area contributed by atoms with E-state index in [-0.39, 0.29) is 0 Å². The summed E-state index contributed by atoms with van der Waals surface area (Å²) in [5.74, 6) is -0.462. The molecule has 0 saturated carbocycles.